The van der Waals surface area contributed by atoms with Crippen LogP contribution in [0.3, 0.4) is 0 Å². The summed E-state index contributed by atoms with van der Waals surface area (Å²) in [6.07, 6.45) is 4.09. The van der Waals surface area contributed by atoms with Gasteiger partial charge in [0.25, 0.3) is 0 Å². The van der Waals surface area contributed by atoms with Crippen LogP contribution in [0.5, 0.6) is 0 Å². The molecule has 0 aliphatic heterocycles. The van der Waals surface area contributed by atoms with Crippen molar-refractivity contribution in [2.24, 2.45) is 0 Å². The molecule has 70 valence electrons. The van der Waals surface area contributed by atoms with Gasteiger partial charge in [0.15, 0.2) is 0 Å². The van der Waals surface area contributed by atoms with E-state index in [1.54, 1.807) is 11.8 Å². The maximum absolute atomic E-state index is 3.81. The summed E-state index contributed by atoms with van der Waals surface area (Å²) in [4.78, 5) is 1.33. The molecule has 0 N–H and O–H groups in total. The second-order valence-electron chi connectivity index (χ2n) is 2.95. The third-order valence-corrected chi connectivity index (χ3v) is 3.34. The van der Waals surface area contributed by atoms with Gasteiger partial charge >= 0.3 is 0 Å². The van der Waals surface area contributed by atoms with Crippen LogP contribution in [0.4, 0.5) is 0 Å². The lowest BCUT2D eigenvalue weighted by atomic mass is 10.0. The van der Waals surface area contributed by atoms with E-state index < -0.39 is 0 Å². The van der Waals surface area contributed by atoms with Crippen molar-refractivity contribution in [3.05, 3.63) is 40.0 Å². The molecule has 0 fully saturated rings. The van der Waals surface area contributed by atoms with E-state index in [4.69, 9.17) is 0 Å². The quantitative estimate of drug-likeness (QED) is 0.456. The molecule has 0 heterocycles. The molecule has 1 aromatic carbocycles. The summed E-state index contributed by atoms with van der Waals surface area (Å²) in [5, 5.41) is 0. The molecule has 0 aromatic heterocycles. The highest BCUT2D eigenvalue weighted by Gasteiger charge is 2.03. The van der Waals surface area contributed by atoms with Crippen molar-refractivity contribution < 1.29 is 0 Å². The predicted molar refractivity (Wildman–Crippen MR) is 69.6 cm³/mol. The summed E-state index contributed by atoms with van der Waals surface area (Å²) in [5.41, 5.74) is 1.35. The van der Waals surface area contributed by atoms with Crippen LogP contribution in [0.2, 0.25) is 0 Å². The van der Waals surface area contributed by atoms with E-state index in [-0.39, 0.29) is 0 Å². The Morgan fingerprint density at radius 3 is 2.69 bits per heavy atom. The lowest BCUT2D eigenvalue weighted by Crippen LogP contribution is -1.90. The van der Waals surface area contributed by atoms with E-state index in [1.807, 2.05) is 6.08 Å². The van der Waals surface area contributed by atoms with Gasteiger partial charge in [0.2, 0.25) is 0 Å². The monoisotopic (exact) mass is 304 g/mol. The van der Waals surface area contributed by atoms with Gasteiger partial charge < -0.3 is 0 Å². The molecular weight excluding hydrogens is 291 g/mol. The second kappa shape index (κ2) is 5.05. The summed E-state index contributed by atoms with van der Waals surface area (Å²) in [5.74, 6) is 0.445. The minimum atomic E-state index is 0.445. The van der Waals surface area contributed by atoms with E-state index >= 15 is 0 Å². The molecule has 0 radical (unpaired) electrons. The van der Waals surface area contributed by atoms with Crippen LogP contribution in [0.25, 0.3) is 0 Å². The molecule has 1 atom stereocenters. The van der Waals surface area contributed by atoms with Gasteiger partial charge in [-0.05, 0) is 58.5 Å². The number of thioether (sulfide) groups is 1. The molecule has 0 bridgehead atoms. The summed E-state index contributed by atoms with van der Waals surface area (Å²) >= 11 is 4.14. The fraction of sp³-hybridized carbons (Fsp3) is 0.273. The highest BCUT2D eigenvalue weighted by Crippen LogP contribution is 2.25. The molecule has 0 aliphatic rings. The van der Waals surface area contributed by atoms with Gasteiger partial charge in [-0.2, -0.15) is 0 Å². The van der Waals surface area contributed by atoms with Crippen LogP contribution in [-0.4, -0.2) is 6.26 Å². The van der Waals surface area contributed by atoms with Gasteiger partial charge in [-0.1, -0.05) is 13.0 Å². The predicted octanol–water partition coefficient (Wildman–Crippen LogP) is 4.30. The molecule has 0 saturated heterocycles. The molecule has 2 heteroatoms. The van der Waals surface area contributed by atoms with Crippen molar-refractivity contribution in [1.29, 1.82) is 0 Å². The van der Waals surface area contributed by atoms with Crippen LogP contribution >= 0.6 is 34.4 Å². The van der Waals surface area contributed by atoms with Crippen molar-refractivity contribution in [3.63, 3.8) is 0 Å². The van der Waals surface area contributed by atoms with E-state index in [0.29, 0.717) is 5.92 Å². The highest BCUT2D eigenvalue weighted by molar-refractivity contribution is 14.1. The average molecular weight is 304 g/mol. The van der Waals surface area contributed by atoms with Crippen molar-refractivity contribution in [1.82, 2.24) is 0 Å². The first-order valence-corrected chi connectivity index (χ1v) is 6.44. The lowest BCUT2D eigenvalue weighted by Gasteiger charge is -2.08. The maximum atomic E-state index is 3.81. The van der Waals surface area contributed by atoms with Crippen molar-refractivity contribution in [2.75, 3.05) is 6.26 Å². The number of hydrogen-bond donors (Lipinski definition) is 0. The van der Waals surface area contributed by atoms with E-state index in [0.717, 1.165) is 0 Å². The Hall–Kier alpha value is 0.0400. The zero-order valence-corrected chi connectivity index (χ0v) is 10.9. The van der Waals surface area contributed by atoms with Crippen LogP contribution in [-0.2, 0) is 0 Å². The first kappa shape index (κ1) is 11.1. The Morgan fingerprint density at radius 1 is 1.46 bits per heavy atom. The average Bonchev–Trinajstić information content (AvgIpc) is 2.15. The van der Waals surface area contributed by atoms with Gasteiger partial charge in [0.05, 0.1) is 0 Å². The van der Waals surface area contributed by atoms with Crippen LogP contribution < -0.4 is 0 Å². The molecule has 0 aliphatic carbocycles. The summed E-state index contributed by atoms with van der Waals surface area (Å²) < 4.78 is 1.30. The molecule has 1 aromatic rings. The van der Waals surface area contributed by atoms with E-state index in [1.165, 1.54) is 14.0 Å². The second-order valence-corrected chi connectivity index (χ2v) is 5.07. The molecule has 0 spiro atoms. The minimum absolute atomic E-state index is 0.445. The van der Waals surface area contributed by atoms with Gasteiger partial charge in [-0.25, -0.2) is 0 Å². The summed E-state index contributed by atoms with van der Waals surface area (Å²) in [6, 6.07) is 6.65. The zero-order valence-electron chi connectivity index (χ0n) is 7.88. The Morgan fingerprint density at radius 2 is 2.15 bits per heavy atom. The topological polar surface area (TPSA) is 0 Å². The first-order valence-electron chi connectivity index (χ1n) is 4.14. The van der Waals surface area contributed by atoms with Crippen molar-refractivity contribution in [2.45, 2.75) is 17.7 Å². The van der Waals surface area contributed by atoms with Crippen molar-refractivity contribution >= 4 is 34.4 Å². The molecule has 0 nitrogen and oxygen atoms in total. The molecular formula is C11H13IS. The fourth-order valence-corrected chi connectivity index (χ4v) is 2.51. The standard InChI is InChI=1S/C11H13IS/c1-4-8(2)9-5-10(12)7-11(6-9)13-3/h4-8H,1H2,2-3H3. The molecule has 1 unspecified atom stereocenters. The Kier molecular flexibility index (Phi) is 4.32. The molecule has 1 rings (SSSR count). The van der Waals surface area contributed by atoms with E-state index in [2.05, 4.69) is 60.5 Å². The molecule has 0 saturated carbocycles. The maximum Gasteiger partial charge on any atom is 0.0144 e. The number of hydrogen-bond acceptors (Lipinski definition) is 1. The lowest BCUT2D eigenvalue weighted by molar-refractivity contribution is 0.962. The molecule has 0 amide bonds. The Bertz CT molecular complexity index is 307. The van der Waals surface area contributed by atoms with Gasteiger partial charge in [-0.3, -0.25) is 0 Å². The first-order chi connectivity index (χ1) is 6.17. The number of benzene rings is 1. The van der Waals surface area contributed by atoms with E-state index in [9.17, 15) is 0 Å². The fourth-order valence-electron chi connectivity index (χ4n) is 1.10. The summed E-state index contributed by atoms with van der Waals surface area (Å²) in [6.45, 7) is 5.98. The normalized spacial score (nSPS) is 12.5. The molecule has 13 heavy (non-hydrogen) atoms. The number of allylic oxidation sites excluding steroid dienone is 1. The minimum Gasteiger partial charge on any atom is -0.130 e. The SMILES string of the molecule is C=CC(C)c1cc(I)cc(SC)c1. The van der Waals surface area contributed by atoms with Gasteiger partial charge in [0.1, 0.15) is 0 Å². The highest BCUT2D eigenvalue weighted by atomic mass is 127. The van der Waals surface area contributed by atoms with Gasteiger partial charge in [-0.15, -0.1) is 18.3 Å². The number of rotatable bonds is 3. The van der Waals surface area contributed by atoms with Crippen molar-refractivity contribution in [3.8, 4) is 0 Å². The number of halogens is 1. The Labute approximate surface area is 98.0 Å². The largest absolute Gasteiger partial charge is 0.130 e. The van der Waals surface area contributed by atoms with Crippen LogP contribution in [0, 0.1) is 3.57 Å². The van der Waals surface area contributed by atoms with Crippen LogP contribution in [0.1, 0.15) is 18.4 Å². The smallest absolute Gasteiger partial charge is 0.0144 e. The zero-order chi connectivity index (χ0) is 9.84. The third kappa shape index (κ3) is 3.02. The Balaban J connectivity index is 3.07. The summed E-state index contributed by atoms with van der Waals surface area (Å²) in [7, 11) is 0. The third-order valence-electron chi connectivity index (χ3n) is 2.01. The van der Waals surface area contributed by atoms with Gasteiger partial charge in [0, 0.05) is 8.47 Å². The van der Waals surface area contributed by atoms with Crippen LogP contribution in [0.15, 0.2) is 35.7 Å².